The van der Waals surface area contributed by atoms with E-state index in [-0.39, 0.29) is 5.91 Å². The van der Waals surface area contributed by atoms with Crippen LogP contribution in [0.4, 0.5) is 5.69 Å². The summed E-state index contributed by atoms with van der Waals surface area (Å²) < 4.78 is 0. The Morgan fingerprint density at radius 2 is 2.05 bits per heavy atom. The first-order valence-corrected chi connectivity index (χ1v) is 7.82. The summed E-state index contributed by atoms with van der Waals surface area (Å²) in [5.41, 5.74) is 9.21. The summed E-state index contributed by atoms with van der Waals surface area (Å²) in [6.07, 6.45) is 7.14. The molecule has 0 bridgehead atoms. The molecule has 1 aliphatic rings. The van der Waals surface area contributed by atoms with E-state index < -0.39 is 0 Å². The van der Waals surface area contributed by atoms with Crippen LogP contribution in [0.2, 0.25) is 0 Å². The first kappa shape index (κ1) is 15.0. The highest BCUT2D eigenvalue weighted by Crippen LogP contribution is 2.28. The zero-order valence-electron chi connectivity index (χ0n) is 12.5. The lowest BCUT2D eigenvalue weighted by Crippen LogP contribution is -2.35. The van der Waals surface area contributed by atoms with Gasteiger partial charge in [0.05, 0.1) is 0 Å². The monoisotopic (exact) mass is 274 g/mol. The number of benzene rings is 1. The summed E-state index contributed by atoms with van der Waals surface area (Å²) in [5, 5.41) is 0. The number of carbonyl (C=O) groups excluding carboxylic acids is 1. The van der Waals surface area contributed by atoms with Gasteiger partial charge in [0.15, 0.2) is 0 Å². The highest BCUT2D eigenvalue weighted by Gasteiger charge is 2.21. The zero-order chi connectivity index (χ0) is 14.4. The van der Waals surface area contributed by atoms with Crippen LogP contribution in [0.1, 0.15) is 49.7 Å². The van der Waals surface area contributed by atoms with Crippen LogP contribution in [0.25, 0.3) is 0 Å². The fraction of sp³-hybridized carbons (Fsp3) is 0.588. The lowest BCUT2D eigenvalue weighted by molar-refractivity contribution is -0.118. The number of aryl methyl sites for hydroxylation is 2. The van der Waals surface area contributed by atoms with Crippen molar-refractivity contribution in [1.29, 1.82) is 0 Å². The Bertz CT molecular complexity index is 456. The largest absolute Gasteiger partial charge is 0.330 e. The van der Waals surface area contributed by atoms with E-state index in [9.17, 15) is 4.79 Å². The van der Waals surface area contributed by atoms with E-state index >= 15 is 0 Å². The van der Waals surface area contributed by atoms with Gasteiger partial charge in [0.25, 0.3) is 0 Å². The van der Waals surface area contributed by atoms with Gasteiger partial charge in [-0.15, -0.1) is 0 Å². The van der Waals surface area contributed by atoms with Gasteiger partial charge in [-0.05, 0) is 50.8 Å². The molecule has 0 fully saturated rings. The number of amides is 1. The number of hydrogen-bond acceptors (Lipinski definition) is 2. The second-order valence-electron chi connectivity index (χ2n) is 5.73. The van der Waals surface area contributed by atoms with E-state index in [0.29, 0.717) is 6.42 Å². The molecule has 0 aliphatic carbocycles. The highest BCUT2D eigenvalue weighted by molar-refractivity contribution is 5.94. The Hall–Kier alpha value is -1.35. The van der Waals surface area contributed by atoms with Crippen molar-refractivity contribution in [2.24, 2.45) is 5.73 Å². The third kappa shape index (κ3) is 3.83. The van der Waals surface area contributed by atoms with Gasteiger partial charge in [0.1, 0.15) is 0 Å². The molecule has 1 aromatic carbocycles. The average molecular weight is 274 g/mol. The Kier molecular flexibility index (Phi) is 5.60. The zero-order valence-corrected chi connectivity index (χ0v) is 12.5. The lowest BCUT2D eigenvalue weighted by atomic mass is 9.99. The summed E-state index contributed by atoms with van der Waals surface area (Å²) in [4.78, 5) is 14.4. The molecule has 1 heterocycles. The van der Waals surface area contributed by atoms with Crippen molar-refractivity contribution in [3.05, 3.63) is 29.3 Å². The van der Waals surface area contributed by atoms with Gasteiger partial charge in [0.2, 0.25) is 5.91 Å². The molecule has 0 saturated carbocycles. The van der Waals surface area contributed by atoms with Gasteiger partial charge in [0, 0.05) is 18.7 Å². The molecule has 0 atom stereocenters. The molecule has 1 aliphatic heterocycles. The Morgan fingerprint density at radius 1 is 1.25 bits per heavy atom. The fourth-order valence-electron chi connectivity index (χ4n) is 2.89. The van der Waals surface area contributed by atoms with Crippen LogP contribution in [0, 0.1) is 6.92 Å². The van der Waals surface area contributed by atoms with E-state index in [0.717, 1.165) is 57.3 Å². The van der Waals surface area contributed by atoms with Crippen LogP contribution in [-0.4, -0.2) is 19.0 Å². The number of anilines is 1. The number of nitrogens with two attached hydrogens (primary N) is 1. The van der Waals surface area contributed by atoms with Crippen molar-refractivity contribution >= 4 is 11.6 Å². The Morgan fingerprint density at radius 3 is 2.85 bits per heavy atom. The number of fused-ring (bicyclic) bond motifs is 1. The summed E-state index contributed by atoms with van der Waals surface area (Å²) in [5.74, 6) is 0.280. The van der Waals surface area contributed by atoms with Gasteiger partial charge in [-0.2, -0.15) is 0 Å². The van der Waals surface area contributed by atoms with E-state index in [2.05, 4.69) is 25.1 Å². The number of nitrogens with zero attached hydrogens (tertiary/aromatic N) is 1. The first-order valence-electron chi connectivity index (χ1n) is 7.82. The first-order chi connectivity index (χ1) is 9.72. The van der Waals surface area contributed by atoms with E-state index in [1.165, 1.54) is 11.1 Å². The molecule has 3 heteroatoms. The molecular formula is C17H26N2O. The Labute approximate surface area is 122 Å². The molecule has 0 aromatic heterocycles. The molecule has 20 heavy (non-hydrogen) atoms. The number of unbranched alkanes of at least 4 members (excludes halogenated alkanes) is 3. The fourth-order valence-corrected chi connectivity index (χ4v) is 2.89. The minimum absolute atomic E-state index is 0.280. The summed E-state index contributed by atoms with van der Waals surface area (Å²) in [6, 6.07) is 6.43. The maximum Gasteiger partial charge on any atom is 0.226 e. The van der Waals surface area contributed by atoms with E-state index in [4.69, 9.17) is 5.73 Å². The molecule has 0 unspecified atom stereocenters. The van der Waals surface area contributed by atoms with Gasteiger partial charge in [-0.3, -0.25) is 4.79 Å². The summed E-state index contributed by atoms with van der Waals surface area (Å²) >= 11 is 0. The molecule has 1 aromatic rings. The standard InChI is InChI=1S/C17H26N2O/c1-14-9-10-16-15(13-14)7-6-12-19(16)17(20)8-4-2-3-5-11-18/h9-10,13H,2-8,11-12,18H2,1H3. The second-order valence-corrected chi connectivity index (χ2v) is 5.73. The second kappa shape index (κ2) is 7.44. The predicted octanol–water partition coefficient (Wildman–Crippen LogP) is 3.18. The van der Waals surface area contributed by atoms with Crippen LogP contribution in [0.3, 0.4) is 0 Å². The van der Waals surface area contributed by atoms with Crippen LogP contribution >= 0.6 is 0 Å². The molecule has 2 N–H and O–H groups in total. The van der Waals surface area contributed by atoms with Crippen LogP contribution in [0.5, 0.6) is 0 Å². The highest BCUT2D eigenvalue weighted by atomic mass is 16.2. The minimum atomic E-state index is 0.280. The van der Waals surface area contributed by atoms with Crippen LogP contribution in [-0.2, 0) is 11.2 Å². The molecule has 1 amide bonds. The van der Waals surface area contributed by atoms with E-state index in [1.807, 2.05) is 4.90 Å². The smallest absolute Gasteiger partial charge is 0.226 e. The quantitative estimate of drug-likeness (QED) is 0.810. The van der Waals surface area contributed by atoms with Gasteiger partial charge in [-0.25, -0.2) is 0 Å². The number of carbonyl (C=O) groups is 1. The summed E-state index contributed by atoms with van der Waals surface area (Å²) in [6.45, 7) is 3.74. The Balaban J connectivity index is 1.91. The van der Waals surface area contributed by atoms with E-state index in [1.54, 1.807) is 0 Å². The average Bonchev–Trinajstić information content (AvgIpc) is 2.46. The predicted molar refractivity (Wildman–Crippen MR) is 84.0 cm³/mol. The molecule has 2 rings (SSSR count). The maximum absolute atomic E-state index is 12.4. The van der Waals surface area contributed by atoms with Crippen molar-refractivity contribution in [1.82, 2.24) is 0 Å². The molecule has 110 valence electrons. The molecule has 0 radical (unpaired) electrons. The van der Waals surface area contributed by atoms with Crippen molar-refractivity contribution in [3.8, 4) is 0 Å². The van der Waals surface area contributed by atoms with Crippen LogP contribution < -0.4 is 10.6 Å². The lowest BCUT2D eigenvalue weighted by Gasteiger charge is -2.30. The van der Waals surface area contributed by atoms with Gasteiger partial charge >= 0.3 is 0 Å². The molecular weight excluding hydrogens is 248 g/mol. The molecule has 0 saturated heterocycles. The van der Waals surface area contributed by atoms with Crippen LogP contribution in [0.15, 0.2) is 18.2 Å². The van der Waals surface area contributed by atoms with Crippen molar-refractivity contribution in [2.45, 2.75) is 51.9 Å². The van der Waals surface area contributed by atoms with Crippen molar-refractivity contribution in [3.63, 3.8) is 0 Å². The van der Waals surface area contributed by atoms with Gasteiger partial charge in [-0.1, -0.05) is 30.5 Å². The van der Waals surface area contributed by atoms with Crippen molar-refractivity contribution < 1.29 is 4.79 Å². The van der Waals surface area contributed by atoms with Gasteiger partial charge < -0.3 is 10.6 Å². The SMILES string of the molecule is Cc1ccc2c(c1)CCCN2C(=O)CCCCCCN. The maximum atomic E-state index is 12.4. The normalized spacial score (nSPS) is 14.2. The third-order valence-corrected chi connectivity index (χ3v) is 4.00. The number of rotatable bonds is 6. The third-order valence-electron chi connectivity index (χ3n) is 4.00. The topological polar surface area (TPSA) is 46.3 Å². The molecule has 3 nitrogen and oxygen atoms in total. The minimum Gasteiger partial charge on any atom is -0.330 e. The molecule has 0 spiro atoms. The van der Waals surface area contributed by atoms with Crippen molar-refractivity contribution in [2.75, 3.05) is 18.0 Å². The number of hydrogen-bond donors (Lipinski definition) is 1. The summed E-state index contributed by atoms with van der Waals surface area (Å²) in [7, 11) is 0.